The zero-order chi connectivity index (χ0) is 25.1. The number of halogens is 1. The zero-order valence-corrected chi connectivity index (χ0v) is 20.3. The lowest BCUT2D eigenvalue weighted by Crippen LogP contribution is -2.41. The van der Waals surface area contributed by atoms with Crippen LogP contribution < -0.4 is 10.8 Å². The maximum absolute atomic E-state index is 14.8. The molecule has 0 bridgehead atoms. The first kappa shape index (κ1) is 23.2. The van der Waals surface area contributed by atoms with Crippen LogP contribution in [0.1, 0.15) is 49.8 Å². The van der Waals surface area contributed by atoms with Gasteiger partial charge >= 0.3 is 7.12 Å². The summed E-state index contributed by atoms with van der Waals surface area (Å²) in [5, 5.41) is 2.72. The number of imidazole rings is 1. The van der Waals surface area contributed by atoms with Crippen LogP contribution in [-0.4, -0.2) is 43.6 Å². The second kappa shape index (κ2) is 7.99. The summed E-state index contributed by atoms with van der Waals surface area (Å²) in [5.74, 6) is -0.0550. The van der Waals surface area contributed by atoms with Crippen molar-refractivity contribution in [2.75, 3.05) is 5.32 Å². The van der Waals surface area contributed by atoms with Gasteiger partial charge in [-0.3, -0.25) is 9.20 Å². The van der Waals surface area contributed by atoms with Crippen LogP contribution in [0.5, 0.6) is 0 Å². The van der Waals surface area contributed by atoms with Crippen molar-refractivity contribution >= 4 is 30.0 Å². The predicted octanol–water partition coefficient (Wildman–Crippen LogP) is 3.69. The molecule has 1 saturated heterocycles. The zero-order valence-electron chi connectivity index (χ0n) is 20.3. The quantitative estimate of drug-likeness (QED) is 0.447. The van der Waals surface area contributed by atoms with Crippen LogP contribution in [-0.2, 0) is 9.31 Å². The fraction of sp³-hybridized carbons (Fsp3) is 0.333. The van der Waals surface area contributed by atoms with Crippen LogP contribution in [0.4, 0.5) is 10.1 Å². The van der Waals surface area contributed by atoms with Gasteiger partial charge in [-0.2, -0.15) is 0 Å². The van der Waals surface area contributed by atoms with E-state index in [9.17, 15) is 9.18 Å². The maximum atomic E-state index is 14.8. The number of nitrogens with one attached hydrogen (secondary N) is 1. The van der Waals surface area contributed by atoms with Gasteiger partial charge in [0, 0.05) is 42.2 Å². The van der Waals surface area contributed by atoms with Crippen LogP contribution in [0.25, 0.3) is 17.0 Å². The second-order valence-electron chi connectivity index (χ2n) is 9.61. The van der Waals surface area contributed by atoms with Crippen molar-refractivity contribution < 1.29 is 22.9 Å². The molecule has 35 heavy (non-hydrogen) atoms. The molecule has 180 valence electrons. The molecule has 1 aliphatic rings. The summed E-state index contributed by atoms with van der Waals surface area (Å²) in [6.07, 6.45) is 5.12. The number of aryl methyl sites for hydroxylation is 2. The van der Waals surface area contributed by atoms with E-state index < -0.39 is 30.0 Å². The Balaban J connectivity index is 1.43. The lowest BCUT2D eigenvalue weighted by Gasteiger charge is -2.32. The van der Waals surface area contributed by atoms with Gasteiger partial charge in [0.15, 0.2) is 5.89 Å². The summed E-state index contributed by atoms with van der Waals surface area (Å²) in [7, 11) is -0.582. The summed E-state index contributed by atoms with van der Waals surface area (Å²) >= 11 is 0. The van der Waals surface area contributed by atoms with E-state index in [1.54, 1.807) is 36.8 Å². The monoisotopic (exact) mass is 477 g/mol. The molecule has 1 fully saturated rings. The first-order valence-corrected chi connectivity index (χ1v) is 11.2. The number of hydrogen-bond donors (Lipinski definition) is 1. The summed E-state index contributed by atoms with van der Waals surface area (Å²) in [5.41, 5.74) is 1.21. The minimum Gasteiger partial charge on any atom is -0.436 e. The van der Waals surface area contributed by atoms with Gasteiger partial charge in [-0.15, -0.1) is 0 Å². The number of rotatable bonds is 4. The van der Waals surface area contributed by atoms with Crippen LogP contribution in [0.15, 0.2) is 41.2 Å². The third kappa shape index (κ3) is 4.10. The molecule has 3 aromatic heterocycles. The molecule has 1 amide bonds. The van der Waals surface area contributed by atoms with Crippen molar-refractivity contribution in [2.24, 2.45) is 0 Å². The lowest BCUT2D eigenvalue weighted by atomic mass is 9.81. The van der Waals surface area contributed by atoms with Crippen LogP contribution >= 0.6 is 0 Å². The minimum atomic E-state index is -0.582. The van der Waals surface area contributed by atoms with E-state index in [-0.39, 0.29) is 11.3 Å². The Morgan fingerprint density at radius 3 is 2.46 bits per heavy atom. The number of benzene rings is 1. The molecule has 11 heteroatoms. The Morgan fingerprint density at radius 2 is 1.80 bits per heavy atom. The van der Waals surface area contributed by atoms with Crippen molar-refractivity contribution in [1.29, 1.82) is 0 Å². The van der Waals surface area contributed by atoms with Gasteiger partial charge in [-0.25, -0.2) is 19.3 Å². The Hall–Kier alpha value is -3.57. The smallest absolute Gasteiger partial charge is 0.436 e. The number of aromatic nitrogens is 4. The topological polar surface area (TPSA) is 104 Å². The van der Waals surface area contributed by atoms with Crippen molar-refractivity contribution in [3.8, 4) is 11.3 Å². The third-order valence-electron chi connectivity index (χ3n) is 6.47. The summed E-state index contributed by atoms with van der Waals surface area (Å²) in [4.78, 5) is 25.5. The Labute approximate surface area is 201 Å². The molecular formula is C24H25BFN5O4. The highest BCUT2D eigenvalue weighted by Crippen LogP contribution is 2.36. The normalized spacial score (nSPS) is 16.7. The SMILES string of the molecule is Cc1nc(C)c(C(=O)Nc2ccc(F)c(-c3cn4cc(B5OC(C)(C)C(C)(C)O5)cnc4n3)c2)o1. The van der Waals surface area contributed by atoms with Gasteiger partial charge < -0.3 is 19.0 Å². The molecule has 1 N–H and O–H groups in total. The number of amides is 1. The van der Waals surface area contributed by atoms with E-state index in [1.807, 2.05) is 27.7 Å². The predicted molar refractivity (Wildman–Crippen MR) is 128 cm³/mol. The number of oxazole rings is 1. The van der Waals surface area contributed by atoms with Crippen LogP contribution in [0, 0.1) is 19.7 Å². The van der Waals surface area contributed by atoms with E-state index in [4.69, 9.17) is 13.7 Å². The van der Waals surface area contributed by atoms with E-state index >= 15 is 0 Å². The molecule has 0 saturated carbocycles. The van der Waals surface area contributed by atoms with Crippen molar-refractivity contribution in [2.45, 2.75) is 52.7 Å². The maximum Gasteiger partial charge on any atom is 0.497 e. The minimum absolute atomic E-state index is 0.112. The Morgan fingerprint density at radius 1 is 1.09 bits per heavy atom. The van der Waals surface area contributed by atoms with Crippen molar-refractivity contribution in [3.05, 3.63) is 60.0 Å². The van der Waals surface area contributed by atoms with E-state index in [2.05, 4.69) is 20.3 Å². The average molecular weight is 477 g/mol. The molecule has 0 aliphatic carbocycles. The van der Waals surface area contributed by atoms with Gasteiger partial charge in [-0.05, 0) is 52.8 Å². The number of nitrogens with zero attached hydrogens (tertiary/aromatic N) is 4. The summed E-state index contributed by atoms with van der Waals surface area (Å²) < 4.78 is 34.0. The molecule has 5 rings (SSSR count). The number of fused-ring (bicyclic) bond motifs is 1. The Bertz CT molecular complexity index is 1450. The van der Waals surface area contributed by atoms with E-state index in [0.717, 1.165) is 5.46 Å². The van der Waals surface area contributed by atoms with E-state index in [0.29, 0.717) is 28.7 Å². The standard InChI is InChI=1S/C24H25BFN5O4/c1-13-20(33-14(2)28-13)21(32)29-16-7-8-18(26)17(9-16)19-12-31-11-15(10-27-22(31)30-19)25-34-23(3,4)24(5,6)35-25/h7-12H,1-6H3,(H,29,32). The van der Waals surface area contributed by atoms with Gasteiger partial charge in [0.1, 0.15) is 5.82 Å². The molecular weight excluding hydrogens is 452 g/mol. The van der Waals surface area contributed by atoms with Crippen LogP contribution in [0.3, 0.4) is 0 Å². The molecule has 0 spiro atoms. The third-order valence-corrected chi connectivity index (χ3v) is 6.47. The second-order valence-corrected chi connectivity index (χ2v) is 9.61. The number of anilines is 1. The van der Waals surface area contributed by atoms with Crippen molar-refractivity contribution in [3.63, 3.8) is 0 Å². The lowest BCUT2D eigenvalue weighted by molar-refractivity contribution is 0.00578. The van der Waals surface area contributed by atoms with Crippen LogP contribution in [0.2, 0.25) is 0 Å². The molecule has 0 atom stereocenters. The van der Waals surface area contributed by atoms with Gasteiger partial charge in [-0.1, -0.05) is 0 Å². The molecule has 1 aliphatic heterocycles. The van der Waals surface area contributed by atoms with E-state index in [1.165, 1.54) is 18.2 Å². The number of carbonyl (C=O) groups is 1. The molecule has 0 unspecified atom stereocenters. The average Bonchev–Trinajstić information content (AvgIpc) is 3.41. The summed E-state index contributed by atoms with van der Waals surface area (Å²) in [6, 6.07) is 4.26. The Kier molecular flexibility index (Phi) is 5.30. The fourth-order valence-electron chi connectivity index (χ4n) is 3.86. The van der Waals surface area contributed by atoms with Gasteiger partial charge in [0.05, 0.1) is 22.6 Å². The first-order valence-electron chi connectivity index (χ1n) is 11.2. The molecule has 9 nitrogen and oxygen atoms in total. The highest BCUT2D eigenvalue weighted by Gasteiger charge is 2.52. The molecule has 1 aromatic carbocycles. The van der Waals surface area contributed by atoms with Gasteiger partial charge in [0.2, 0.25) is 11.5 Å². The molecule has 0 radical (unpaired) electrons. The highest BCUT2D eigenvalue weighted by atomic mass is 19.1. The molecule has 4 aromatic rings. The van der Waals surface area contributed by atoms with Crippen molar-refractivity contribution in [1.82, 2.24) is 19.4 Å². The largest absolute Gasteiger partial charge is 0.497 e. The fourth-order valence-corrected chi connectivity index (χ4v) is 3.86. The van der Waals surface area contributed by atoms with Gasteiger partial charge in [0.25, 0.3) is 5.91 Å². The highest BCUT2D eigenvalue weighted by molar-refractivity contribution is 6.61. The number of carbonyl (C=O) groups excluding carboxylic acids is 1. The summed E-state index contributed by atoms with van der Waals surface area (Å²) in [6.45, 7) is 11.3. The first-order chi connectivity index (χ1) is 16.4. The molecule has 4 heterocycles. The number of hydrogen-bond acceptors (Lipinski definition) is 7.